The molecule has 1 nitrogen and oxygen atoms in total. The van der Waals surface area contributed by atoms with Crippen LogP contribution in [-0.4, -0.2) is 5.11 Å². The summed E-state index contributed by atoms with van der Waals surface area (Å²) in [6, 6.07) is 16.6. The predicted molar refractivity (Wildman–Crippen MR) is 92.3 cm³/mol. The molecule has 2 aromatic carbocycles. The summed E-state index contributed by atoms with van der Waals surface area (Å²) in [7, 11) is 0. The third-order valence-electron chi connectivity index (χ3n) is 3.28. The average Bonchev–Trinajstić information content (AvgIpc) is 2.78. The Morgan fingerprint density at radius 3 is 2.45 bits per heavy atom. The monoisotopic (exact) mass is 410 g/mol. The fourth-order valence-corrected chi connectivity index (χ4v) is 5.23. The molecule has 0 aliphatic heterocycles. The highest BCUT2D eigenvalue weighted by molar-refractivity contribution is 9.12. The van der Waals surface area contributed by atoms with Crippen LogP contribution < -0.4 is 0 Å². The molecule has 0 fully saturated rings. The Labute approximate surface area is 138 Å². The molecule has 0 aliphatic carbocycles. The van der Waals surface area contributed by atoms with E-state index >= 15 is 0 Å². The quantitative estimate of drug-likeness (QED) is 0.585. The van der Waals surface area contributed by atoms with Gasteiger partial charge in [-0.25, -0.2) is 0 Å². The predicted octanol–water partition coefficient (Wildman–Crippen LogP) is 5.70. The lowest BCUT2D eigenvalue weighted by Gasteiger charge is -2.10. The van der Waals surface area contributed by atoms with Crippen LogP contribution in [0.5, 0.6) is 0 Å². The number of benzene rings is 2. The van der Waals surface area contributed by atoms with E-state index in [1.165, 1.54) is 10.8 Å². The minimum Gasteiger partial charge on any atom is -0.388 e. The molecule has 0 saturated heterocycles. The summed E-state index contributed by atoms with van der Waals surface area (Å²) in [5.74, 6) is 0. The maximum atomic E-state index is 10.4. The minimum absolute atomic E-state index is 0.493. The van der Waals surface area contributed by atoms with Crippen LogP contribution in [0.3, 0.4) is 0 Å². The van der Waals surface area contributed by atoms with Crippen molar-refractivity contribution in [3.05, 3.63) is 67.2 Å². The van der Waals surface area contributed by atoms with Gasteiger partial charge in [-0.1, -0.05) is 42.5 Å². The highest BCUT2D eigenvalue weighted by atomic mass is 79.9. The molecular weight excluding hydrogens is 400 g/mol. The van der Waals surface area contributed by atoms with Gasteiger partial charge in [0.05, 0.1) is 13.7 Å². The van der Waals surface area contributed by atoms with Gasteiger partial charge in [0.2, 0.25) is 0 Å². The second-order valence-corrected chi connectivity index (χ2v) is 8.43. The summed E-state index contributed by atoms with van der Waals surface area (Å²) in [6.45, 7) is 0. The molecule has 3 aromatic rings. The number of thiophene rings is 1. The summed E-state index contributed by atoms with van der Waals surface area (Å²) >= 11 is 8.53. The normalized spacial score (nSPS) is 12.8. The van der Waals surface area contributed by atoms with Crippen LogP contribution in [0.15, 0.2) is 56.1 Å². The SMILES string of the molecule is OC(Cc1ccc2ccccc2c1)c1cc(Br)sc1Br. The molecule has 0 bridgehead atoms. The van der Waals surface area contributed by atoms with Gasteiger partial charge in [0.1, 0.15) is 0 Å². The van der Waals surface area contributed by atoms with Crippen molar-refractivity contribution in [3.8, 4) is 0 Å². The van der Waals surface area contributed by atoms with Crippen LogP contribution in [0.2, 0.25) is 0 Å². The topological polar surface area (TPSA) is 20.2 Å². The standard InChI is InChI=1S/C16H12Br2OS/c17-15-9-13(16(18)20-15)14(19)8-10-5-6-11-3-1-2-4-12(11)7-10/h1-7,9,14,19H,8H2. The van der Waals surface area contributed by atoms with Gasteiger partial charge in [0.15, 0.2) is 0 Å². The van der Waals surface area contributed by atoms with E-state index in [2.05, 4.69) is 62.2 Å². The number of rotatable bonds is 3. The Morgan fingerprint density at radius 1 is 1.00 bits per heavy atom. The summed E-state index contributed by atoms with van der Waals surface area (Å²) in [6.07, 6.45) is 0.125. The average molecular weight is 412 g/mol. The van der Waals surface area contributed by atoms with Gasteiger partial charge in [-0.15, -0.1) is 11.3 Å². The number of aliphatic hydroxyl groups is 1. The number of halogens is 2. The van der Waals surface area contributed by atoms with Crippen LogP contribution in [0.4, 0.5) is 0 Å². The first-order valence-corrected chi connectivity index (χ1v) is 8.64. The molecular formula is C16H12Br2OS. The first-order chi connectivity index (χ1) is 9.63. The largest absolute Gasteiger partial charge is 0.388 e. The smallest absolute Gasteiger partial charge is 0.0849 e. The third kappa shape index (κ3) is 2.98. The molecule has 102 valence electrons. The zero-order valence-corrected chi connectivity index (χ0v) is 14.5. The Hall–Kier alpha value is -0.680. The molecule has 1 atom stereocenters. The van der Waals surface area contributed by atoms with Crippen LogP contribution in [0.1, 0.15) is 17.2 Å². The maximum absolute atomic E-state index is 10.4. The van der Waals surface area contributed by atoms with Crippen LogP contribution in [0.25, 0.3) is 10.8 Å². The minimum atomic E-state index is -0.493. The molecule has 0 aliphatic rings. The van der Waals surface area contributed by atoms with Crippen molar-refractivity contribution < 1.29 is 5.11 Å². The van der Waals surface area contributed by atoms with Crippen molar-refractivity contribution in [1.29, 1.82) is 0 Å². The molecule has 1 unspecified atom stereocenters. The first-order valence-electron chi connectivity index (χ1n) is 6.24. The molecule has 0 radical (unpaired) electrons. The fraction of sp³-hybridized carbons (Fsp3) is 0.125. The van der Waals surface area contributed by atoms with E-state index in [0.717, 1.165) is 18.7 Å². The van der Waals surface area contributed by atoms with Crippen molar-refractivity contribution in [2.45, 2.75) is 12.5 Å². The molecule has 0 saturated carbocycles. The van der Waals surface area contributed by atoms with Crippen molar-refractivity contribution in [2.75, 3.05) is 0 Å². The first kappa shape index (κ1) is 14.3. The highest BCUT2D eigenvalue weighted by Gasteiger charge is 2.15. The Morgan fingerprint density at radius 2 is 1.75 bits per heavy atom. The van der Waals surface area contributed by atoms with E-state index in [-0.39, 0.29) is 0 Å². The van der Waals surface area contributed by atoms with Gasteiger partial charge < -0.3 is 5.11 Å². The highest BCUT2D eigenvalue weighted by Crippen LogP contribution is 2.36. The zero-order chi connectivity index (χ0) is 14.1. The Kier molecular flexibility index (Phi) is 4.26. The lowest BCUT2D eigenvalue weighted by atomic mass is 10.0. The summed E-state index contributed by atoms with van der Waals surface area (Å²) < 4.78 is 2.01. The summed E-state index contributed by atoms with van der Waals surface area (Å²) in [5.41, 5.74) is 2.08. The van der Waals surface area contributed by atoms with Gasteiger partial charge in [-0.3, -0.25) is 0 Å². The van der Waals surface area contributed by atoms with E-state index in [1.807, 2.05) is 18.2 Å². The Bertz CT molecular complexity index is 751. The lowest BCUT2D eigenvalue weighted by molar-refractivity contribution is 0.178. The summed E-state index contributed by atoms with van der Waals surface area (Å²) in [4.78, 5) is 0. The molecule has 0 amide bonds. The van der Waals surface area contributed by atoms with Crippen LogP contribution >= 0.6 is 43.2 Å². The van der Waals surface area contributed by atoms with Crippen molar-refractivity contribution in [1.82, 2.24) is 0 Å². The van der Waals surface area contributed by atoms with Gasteiger partial charge in [0, 0.05) is 12.0 Å². The molecule has 4 heteroatoms. The number of hydrogen-bond donors (Lipinski definition) is 1. The van der Waals surface area contributed by atoms with Crippen molar-refractivity contribution >= 4 is 54.0 Å². The van der Waals surface area contributed by atoms with E-state index in [0.29, 0.717) is 6.42 Å². The van der Waals surface area contributed by atoms with E-state index in [9.17, 15) is 5.11 Å². The zero-order valence-electron chi connectivity index (χ0n) is 10.5. The van der Waals surface area contributed by atoms with Gasteiger partial charge in [-0.2, -0.15) is 0 Å². The second-order valence-electron chi connectivity index (χ2n) is 4.68. The van der Waals surface area contributed by atoms with Gasteiger partial charge in [-0.05, 0) is 54.3 Å². The van der Waals surface area contributed by atoms with Crippen LogP contribution in [0, 0.1) is 0 Å². The molecule has 1 N–H and O–H groups in total. The maximum Gasteiger partial charge on any atom is 0.0849 e. The fourth-order valence-electron chi connectivity index (χ4n) is 2.28. The third-order valence-corrected chi connectivity index (χ3v) is 5.67. The van der Waals surface area contributed by atoms with Crippen molar-refractivity contribution in [3.63, 3.8) is 0 Å². The lowest BCUT2D eigenvalue weighted by Crippen LogP contribution is -2.01. The van der Waals surface area contributed by atoms with E-state index in [4.69, 9.17) is 0 Å². The van der Waals surface area contributed by atoms with Gasteiger partial charge in [0.25, 0.3) is 0 Å². The number of fused-ring (bicyclic) bond motifs is 1. The van der Waals surface area contributed by atoms with E-state index < -0.39 is 6.10 Å². The molecule has 1 heterocycles. The molecule has 1 aromatic heterocycles. The number of aliphatic hydroxyl groups excluding tert-OH is 1. The molecule has 20 heavy (non-hydrogen) atoms. The van der Waals surface area contributed by atoms with Crippen LogP contribution in [-0.2, 0) is 6.42 Å². The summed E-state index contributed by atoms with van der Waals surface area (Å²) in [5, 5.41) is 12.8. The van der Waals surface area contributed by atoms with Crippen molar-refractivity contribution in [2.24, 2.45) is 0 Å². The van der Waals surface area contributed by atoms with E-state index in [1.54, 1.807) is 11.3 Å². The molecule has 0 spiro atoms. The Balaban J connectivity index is 1.87. The van der Waals surface area contributed by atoms with Gasteiger partial charge >= 0.3 is 0 Å². The second kappa shape index (κ2) is 5.98. The number of hydrogen-bond acceptors (Lipinski definition) is 2. The molecule has 3 rings (SSSR count).